The summed E-state index contributed by atoms with van der Waals surface area (Å²) >= 11 is 7.67. The molecule has 200 valence electrons. The molecule has 11 heteroatoms. The first-order chi connectivity index (χ1) is 17.5. The molecule has 0 radical (unpaired) electrons. The van der Waals surface area contributed by atoms with Gasteiger partial charge in [0, 0.05) is 30.2 Å². The first-order valence-electron chi connectivity index (χ1n) is 12.2. The third kappa shape index (κ3) is 6.32. The number of aryl methyl sites for hydroxylation is 1. The molecule has 2 heterocycles. The van der Waals surface area contributed by atoms with Gasteiger partial charge < -0.3 is 9.64 Å². The number of fused-ring (bicyclic) bond motifs is 1. The van der Waals surface area contributed by atoms with E-state index in [1.807, 2.05) is 47.0 Å². The largest absolute Gasteiger partial charge is 0.373 e. The lowest BCUT2D eigenvalue weighted by molar-refractivity contribution is -0.0440. The Morgan fingerprint density at radius 2 is 1.78 bits per heavy atom. The van der Waals surface area contributed by atoms with Crippen molar-refractivity contribution in [3.8, 4) is 0 Å². The van der Waals surface area contributed by atoms with Crippen LogP contribution in [0.2, 0.25) is 5.02 Å². The summed E-state index contributed by atoms with van der Waals surface area (Å²) in [5.41, 5.74) is 2.18. The van der Waals surface area contributed by atoms with E-state index in [0.29, 0.717) is 35.4 Å². The molecule has 37 heavy (non-hydrogen) atoms. The summed E-state index contributed by atoms with van der Waals surface area (Å²) < 4.78 is 34.5. The third-order valence-corrected chi connectivity index (χ3v) is 9.32. The van der Waals surface area contributed by atoms with Crippen LogP contribution in [0.4, 0.5) is 5.13 Å². The van der Waals surface area contributed by atoms with Crippen LogP contribution >= 0.6 is 22.9 Å². The van der Waals surface area contributed by atoms with Gasteiger partial charge >= 0.3 is 0 Å². The number of hydrogen-bond acceptors (Lipinski definition) is 7. The van der Waals surface area contributed by atoms with Gasteiger partial charge in [-0.2, -0.15) is 4.31 Å². The van der Waals surface area contributed by atoms with E-state index in [0.717, 1.165) is 28.7 Å². The van der Waals surface area contributed by atoms with E-state index in [4.69, 9.17) is 21.3 Å². The van der Waals surface area contributed by atoms with E-state index in [9.17, 15) is 13.2 Å². The Labute approximate surface area is 227 Å². The van der Waals surface area contributed by atoms with Gasteiger partial charge in [-0.25, -0.2) is 13.4 Å². The molecule has 3 aromatic rings. The fourth-order valence-corrected chi connectivity index (χ4v) is 7.52. The summed E-state index contributed by atoms with van der Waals surface area (Å²) in [6, 6.07) is 9.90. The molecule has 1 fully saturated rings. The fourth-order valence-electron chi connectivity index (χ4n) is 4.49. The summed E-state index contributed by atoms with van der Waals surface area (Å²) in [5.74, 6) is -0.223. The second-order valence-electron chi connectivity index (χ2n) is 9.78. The molecule has 4 rings (SSSR count). The number of sulfonamides is 1. The van der Waals surface area contributed by atoms with Crippen LogP contribution in [0, 0.1) is 6.92 Å². The van der Waals surface area contributed by atoms with Gasteiger partial charge in [0.1, 0.15) is 0 Å². The maximum absolute atomic E-state index is 13.7. The minimum Gasteiger partial charge on any atom is -0.373 e. The number of aromatic nitrogens is 1. The quantitative estimate of drug-likeness (QED) is 0.396. The van der Waals surface area contributed by atoms with Crippen LogP contribution in [0.3, 0.4) is 0 Å². The highest BCUT2D eigenvalue weighted by Crippen LogP contribution is 2.34. The Bertz CT molecular complexity index is 1370. The Balaban J connectivity index is 1.62. The molecule has 1 aliphatic rings. The Morgan fingerprint density at radius 3 is 2.41 bits per heavy atom. The van der Waals surface area contributed by atoms with E-state index in [1.165, 1.54) is 27.8 Å². The maximum atomic E-state index is 13.7. The number of carbonyl (C=O) groups is 1. The SMILES string of the molecule is Cc1cc(Cl)cc2sc(N(CCCN(C)C)C(=O)c3ccc(S(=O)(=O)N4CC(C)OC(C)C4)cc3)nc12. The molecule has 2 aromatic carbocycles. The van der Waals surface area contributed by atoms with Crippen molar-refractivity contribution < 1.29 is 17.9 Å². The Kier molecular flexibility index (Phi) is 8.57. The van der Waals surface area contributed by atoms with Crippen molar-refractivity contribution in [2.24, 2.45) is 0 Å². The van der Waals surface area contributed by atoms with E-state index < -0.39 is 10.0 Å². The predicted molar refractivity (Wildman–Crippen MR) is 149 cm³/mol. The highest BCUT2D eigenvalue weighted by atomic mass is 35.5. The van der Waals surface area contributed by atoms with E-state index in [1.54, 1.807) is 17.0 Å². The topological polar surface area (TPSA) is 83.1 Å². The molecule has 8 nitrogen and oxygen atoms in total. The van der Waals surface area contributed by atoms with E-state index in [-0.39, 0.29) is 23.0 Å². The number of halogens is 1. The molecule has 0 saturated carbocycles. The number of thiazole rings is 1. The van der Waals surface area contributed by atoms with Crippen LogP contribution in [-0.2, 0) is 14.8 Å². The van der Waals surface area contributed by atoms with Gasteiger partial charge in [0.25, 0.3) is 5.91 Å². The van der Waals surface area contributed by atoms with Crippen molar-refractivity contribution in [2.45, 2.75) is 44.3 Å². The number of rotatable bonds is 8. The number of anilines is 1. The molecule has 2 atom stereocenters. The molecule has 1 aromatic heterocycles. The number of ether oxygens (including phenoxy) is 1. The van der Waals surface area contributed by atoms with Crippen LogP contribution in [0.25, 0.3) is 10.2 Å². The van der Waals surface area contributed by atoms with Crippen LogP contribution in [0.1, 0.15) is 36.2 Å². The van der Waals surface area contributed by atoms with Crippen molar-refractivity contribution in [3.63, 3.8) is 0 Å². The van der Waals surface area contributed by atoms with Crippen molar-refractivity contribution in [1.82, 2.24) is 14.2 Å². The lowest BCUT2D eigenvalue weighted by Crippen LogP contribution is -2.48. The standard InChI is InChI=1S/C26H33ClN4O4S2/c1-17-13-21(27)14-23-24(17)28-26(36-23)31(12-6-11-29(4)5)25(32)20-7-9-22(10-8-20)37(33,34)30-15-18(2)35-19(3)16-30/h7-10,13-14,18-19H,6,11-12,15-16H2,1-5H3. The third-order valence-electron chi connectivity index (χ3n) is 6.23. The second-order valence-corrected chi connectivity index (χ2v) is 13.2. The molecule has 1 saturated heterocycles. The average Bonchev–Trinajstić information content (AvgIpc) is 3.25. The van der Waals surface area contributed by atoms with Gasteiger partial charge in [0.05, 0.1) is 27.3 Å². The molecule has 0 N–H and O–H groups in total. The number of nitrogens with zero attached hydrogens (tertiary/aromatic N) is 4. The molecule has 0 aliphatic carbocycles. The number of hydrogen-bond donors (Lipinski definition) is 0. The molecule has 0 spiro atoms. The summed E-state index contributed by atoms with van der Waals surface area (Å²) in [5, 5.41) is 1.23. The zero-order valence-electron chi connectivity index (χ0n) is 21.8. The summed E-state index contributed by atoms with van der Waals surface area (Å²) in [6.45, 7) is 7.57. The van der Waals surface area contributed by atoms with Gasteiger partial charge in [0.2, 0.25) is 10.0 Å². The van der Waals surface area contributed by atoms with Crippen LogP contribution in [0.15, 0.2) is 41.3 Å². The number of carbonyl (C=O) groups excluding carboxylic acids is 1. The summed E-state index contributed by atoms with van der Waals surface area (Å²) in [7, 11) is 0.288. The average molecular weight is 565 g/mol. The van der Waals surface area contributed by atoms with Gasteiger partial charge in [-0.1, -0.05) is 22.9 Å². The van der Waals surface area contributed by atoms with Crippen molar-refractivity contribution in [3.05, 3.63) is 52.5 Å². The smallest absolute Gasteiger partial charge is 0.260 e. The summed E-state index contributed by atoms with van der Waals surface area (Å²) in [6.07, 6.45) is 0.402. The van der Waals surface area contributed by atoms with Crippen molar-refractivity contribution in [1.29, 1.82) is 0 Å². The van der Waals surface area contributed by atoms with Crippen LogP contribution in [-0.4, -0.2) is 81.0 Å². The minimum atomic E-state index is -3.69. The van der Waals surface area contributed by atoms with E-state index in [2.05, 4.69) is 4.90 Å². The van der Waals surface area contributed by atoms with Gasteiger partial charge in [-0.15, -0.1) is 0 Å². The first-order valence-corrected chi connectivity index (χ1v) is 14.9. The lowest BCUT2D eigenvalue weighted by atomic mass is 10.2. The predicted octanol–water partition coefficient (Wildman–Crippen LogP) is 4.65. The highest BCUT2D eigenvalue weighted by Gasteiger charge is 2.32. The number of morpholine rings is 1. The highest BCUT2D eigenvalue weighted by molar-refractivity contribution is 7.89. The monoisotopic (exact) mass is 564 g/mol. The van der Waals surface area contributed by atoms with Gasteiger partial charge in [0.15, 0.2) is 5.13 Å². The Morgan fingerprint density at radius 1 is 1.14 bits per heavy atom. The Hall–Kier alpha value is -2.08. The van der Waals surface area contributed by atoms with Crippen LogP contribution in [0.5, 0.6) is 0 Å². The molecule has 1 aliphatic heterocycles. The molecular weight excluding hydrogens is 532 g/mol. The molecule has 2 unspecified atom stereocenters. The zero-order valence-corrected chi connectivity index (χ0v) is 24.2. The van der Waals surface area contributed by atoms with Crippen molar-refractivity contribution >= 4 is 54.2 Å². The normalized spacial score (nSPS) is 19.0. The maximum Gasteiger partial charge on any atom is 0.260 e. The minimum absolute atomic E-state index is 0.162. The molecule has 1 amide bonds. The fraction of sp³-hybridized carbons (Fsp3) is 0.462. The first kappa shape index (κ1) is 27.9. The van der Waals surface area contributed by atoms with Gasteiger partial charge in [-0.05, 0) is 89.8 Å². The lowest BCUT2D eigenvalue weighted by Gasteiger charge is -2.34. The van der Waals surface area contributed by atoms with Gasteiger partial charge in [-0.3, -0.25) is 9.69 Å². The second kappa shape index (κ2) is 11.3. The molecule has 0 bridgehead atoms. The van der Waals surface area contributed by atoms with Crippen LogP contribution < -0.4 is 4.90 Å². The number of amides is 1. The number of benzene rings is 2. The van der Waals surface area contributed by atoms with Crippen molar-refractivity contribution in [2.75, 3.05) is 45.2 Å². The summed E-state index contributed by atoms with van der Waals surface area (Å²) in [4.78, 5) is 22.3. The zero-order chi connectivity index (χ0) is 26.9. The van der Waals surface area contributed by atoms with E-state index >= 15 is 0 Å². The molecular formula is C26H33ClN4O4S2.